The normalized spacial score (nSPS) is 13.0. The lowest BCUT2D eigenvalue weighted by atomic mass is 10.1. The van der Waals surface area contributed by atoms with Gasteiger partial charge in [0.1, 0.15) is 10.7 Å². The molecule has 0 aliphatic carbocycles. The fraction of sp³-hybridized carbons (Fsp3) is 0.250. The van der Waals surface area contributed by atoms with Crippen LogP contribution in [0, 0.1) is 0 Å². The molecule has 0 aliphatic rings. The molecule has 0 saturated carbocycles. The van der Waals surface area contributed by atoms with Crippen molar-refractivity contribution < 1.29 is 0 Å². The molecular formula is C12H11ClN4OS. The molecule has 0 amide bonds. The number of halogens is 1. The summed E-state index contributed by atoms with van der Waals surface area (Å²) in [7, 11) is 1.84. The number of thiophene rings is 1. The number of H-pyrrole nitrogens is 1. The Morgan fingerprint density at radius 1 is 1.53 bits per heavy atom. The summed E-state index contributed by atoms with van der Waals surface area (Å²) >= 11 is 7.40. The van der Waals surface area contributed by atoms with Crippen LogP contribution < -0.4 is 5.56 Å². The molecule has 0 fully saturated rings. The van der Waals surface area contributed by atoms with Crippen LogP contribution in [0.25, 0.3) is 21.3 Å². The first-order valence-corrected chi connectivity index (χ1v) is 7.02. The van der Waals surface area contributed by atoms with E-state index in [0.29, 0.717) is 16.0 Å². The van der Waals surface area contributed by atoms with Gasteiger partial charge in [0.15, 0.2) is 0 Å². The molecule has 98 valence electrons. The van der Waals surface area contributed by atoms with Gasteiger partial charge in [-0.1, -0.05) is 0 Å². The van der Waals surface area contributed by atoms with E-state index >= 15 is 0 Å². The number of nitrogens with one attached hydrogen (secondary N) is 1. The van der Waals surface area contributed by atoms with E-state index < -0.39 is 0 Å². The molecule has 3 aromatic rings. The van der Waals surface area contributed by atoms with Crippen LogP contribution in [0.15, 0.2) is 22.6 Å². The molecule has 0 saturated heterocycles. The van der Waals surface area contributed by atoms with Gasteiger partial charge in [0.25, 0.3) is 5.56 Å². The fourth-order valence-electron chi connectivity index (χ4n) is 1.93. The van der Waals surface area contributed by atoms with Gasteiger partial charge in [-0.25, -0.2) is 4.98 Å². The van der Waals surface area contributed by atoms with Crippen LogP contribution in [0.5, 0.6) is 0 Å². The van der Waals surface area contributed by atoms with E-state index in [2.05, 4.69) is 15.1 Å². The average Bonchev–Trinajstić information content (AvgIpc) is 2.94. The Hall–Kier alpha value is -1.66. The SMILES string of the molecule is CC(Cl)c1nc2scc(-c3cnn(C)c3)c2c(=O)[nH]1. The lowest BCUT2D eigenvalue weighted by Crippen LogP contribution is -2.11. The zero-order chi connectivity index (χ0) is 13.6. The fourth-order valence-corrected chi connectivity index (χ4v) is 2.99. The molecule has 3 heterocycles. The van der Waals surface area contributed by atoms with E-state index in [0.717, 1.165) is 11.1 Å². The van der Waals surface area contributed by atoms with E-state index in [4.69, 9.17) is 11.6 Å². The van der Waals surface area contributed by atoms with Crippen LogP contribution in [0.3, 0.4) is 0 Å². The maximum Gasteiger partial charge on any atom is 0.260 e. The number of aromatic nitrogens is 4. The van der Waals surface area contributed by atoms with E-state index in [9.17, 15) is 4.79 Å². The van der Waals surface area contributed by atoms with Crippen molar-refractivity contribution in [3.63, 3.8) is 0 Å². The molecule has 0 spiro atoms. The molecule has 0 radical (unpaired) electrons. The number of hydrogen-bond acceptors (Lipinski definition) is 4. The van der Waals surface area contributed by atoms with Crippen molar-refractivity contribution in [1.82, 2.24) is 19.7 Å². The smallest absolute Gasteiger partial charge is 0.260 e. The third kappa shape index (κ3) is 2.06. The van der Waals surface area contributed by atoms with E-state index in [1.807, 2.05) is 18.6 Å². The van der Waals surface area contributed by atoms with Crippen molar-refractivity contribution in [2.75, 3.05) is 0 Å². The number of nitrogens with zero attached hydrogens (tertiary/aromatic N) is 3. The quantitative estimate of drug-likeness (QED) is 0.739. The predicted octanol–water partition coefficient (Wildman–Crippen LogP) is 2.68. The molecule has 0 aromatic carbocycles. The Morgan fingerprint density at radius 2 is 2.32 bits per heavy atom. The predicted molar refractivity (Wildman–Crippen MR) is 76.7 cm³/mol. The third-order valence-corrected chi connectivity index (χ3v) is 3.93. The molecule has 0 bridgehead atoms. The first-order valence-electron chi connectivity index (χ1n) is 5.71. The number of aromatic amines is 1. The topological polar surface area (TPSA) is 63.6 Å². The zero-order valence-electron chi connectivity index (χ0n) is 10.3. The van der Waals surface area contributed by atoms with Crippen LogP contribution in [0.2, 0.25) is 0 Å². The van der Waals surface area contributed by atoms with E-state index in [1.165, 1.54) is 11.3 Å². The van der Waals surface area contributed by atoms with Gasteiger partial charge in [0.05, 0.1) is 17.0 Å². The van der Waals surface area contributed by atoms with Gasteiger partial charge in [-0.3, -0.25) is 9.48 Å². The summed E-state index contributed by atoms with van der Waals surface area (Å²) in [4.78, 5) is 20.0. The highest BCUT2D eigenvalue weighted by Crippen LogP contribution is 2.31. The van der Waals surface area contributed by atoms with Gasteiger partial charge in [0, 0.05) is 29.8 Å². The minimum Gasteiger partial charge on any atom is -0.309 e. The van der Waals surface area contributed by atoms with Crippen LogP contribution >= 0.6 is 22.9 Å². The van der Waals surface area contributed by atoms with E-state index in [1.54, 1.807) is 17.8 Å². The Labute approximate surface area is 117 Å². The minimum absolute atomic E-state index is 0.160. The first-order chi connectivity index (χ1) is 9.06. The first kappa shape index (κ1) is 12.4. The summed E-state index contributed by atoms with van der Waals surface area (Å²) in [6.45, 7) is 1.78. The Kier molecular flexibility index (Phi) is 2.91. The molecule has 1 N–H and O–H groups in total. The second-order valence-electron chi connectivity index (χ2n) is 4.30. The van der Waals surface area contributed by atoms with Crippen LogP contribution in [-0.2, 0) is 7.05 Å². The molecule has 7 heteroatoms. The Balaban J connectivity index is 2.27. The van der Waals surface area contributed by atoms with Crippen LogP contribution in [-0.4, -0.2) is 19.7 Å². The van der Waals surface area contributed by atoms with Gasteiger partial charge >= 0.3 is 0 Å². The summed E-state index contributed by atoms with van der Waals surface area (Å²) in [5, 5.41) is 6.32. The van der Waals surface area contributed by atoms with Crippen molar-refractivity contribution in [3.8, 4) is 11.1 Å². The molecular weight excluding hydrogens is 284 g/mol. The number of aryl methyl sites for hydroxylation is 1. The van der Waals surface area contributed by atoms with Gasteiger partial charge < -0.3 is 4.98 Å². The van der Waals surface area contributed by atoms with E-state index in [-0.39, 0.29) is 10.9 Å². The zero-order valence-corrected chi connectivity index (χ0v) is 11.9. The summed E-state index contributed by atoms with van der Waals surface area (Å²) in [6.07, 6.45) is 3.61. The summed E-state index contributed by atoms with van der Waals surface area (Å²) in [6, 6.07) is 0. The van der Waals surface area contributed by atoms with Crippen molar-refractivity contribution in [2.24, 2.45) is 7.05 Å². The van der Waals surface area contributed by atoms with Crippen LogP contribution in [0.4, 0.5) is 0 Å². The molecule has 0 aliphatic heterocycles. The monoisotopic (exact) mass is 294 g/mol. The number of hydrogen-bond donors (Lipinski definition) is 1. The van der Waals surface area contributed by atoms with Gasteiger partial charge in [0.2, 0.25) is 0 Å². The number of rotatable bonds is 2. The summed E-state index contributed by atoms with van der Waals surface area (Å²) in [5.74, 6) is 0.499. The maximum absolute atomic E-state index is 12.2. The highest BCUT2D eigenvalue weighted by Gasteiger charge is 2.15. The highest BCUT2D eigenvalue weighted by molar-refractivity contribution is 7.17. The summed E-state index contributed by atoms with van der Waals surface area (Å²) < 4.78 is 1.70. The van der Waals surface area contributed by atoms with Crippen molar-refractivity contribution in [3.05, 3.63) is 34.0 Å². The lowest BCUT2D eigenvalue weighted by molar-refractivity contribution is 0.768. The molecule has 1 atom stereocenters. The number of fused-ring (bicyclic) bond motifs is 1. The molecule has 3 aromatic heterocycles. The summed E-state index contributed by atoms with van der Waals surface area (Å²) in [5.41, 5.74) is 1.61. The molecule has 19 heavy (non-hydrogen) atoms. The maximum atomic E-state index is 12.2. The van der Waals surface area contributed by atoms with Gasteiger partial charge in [-0.15, -0.1) is 22.9 Å². The average molecular weight is 295 g/mol. The van der Waals surface area contributed by atoms with Crippen LogP contribution in [0.1, 0.15) is 18.1 Å². The molecule has 5 nitrogen and oxygen atoms in total. The van der Waals surface area contributed by atoms with Crippen molar-refractivity contribution in [1.29, 1.82) is 0 Å². The van der Waals surface area contributed by atoms with Crippen molar-refractivity contribution >= 4 is 33.2 Å². The number of alkyl halides is 1. The second kappa shape index (κ2) is 4.47. The lowest BCUT2D eigenvalue weighted by Gasteiger charge is -2.02. The standard InChI is InChI=1S/C12H11ClN4OS/c1-6(13)10-15-11(18)9-8(5-19-12(9)16-10)7-3-14-17(2)4-7/h3-6H,1-2H3,(H,15,16,18). The van der Waals surface area contributed by atoms with Gasteiger partial charge in [-0.2, -0.15) is 5.10 Å². The third-order valence-electron chi connectivity index (χ3n) is 2.85. The Morgan fingerprint density at radius 3 is 2.95 bits per heavy atom. The Bertz CT molecular complexity index is 802. The highest BCUT2D eigenvalue weighted by atomic mass is 35.5. The minimum atomic E-state index is -0.318. The molecule has 1 unspecified atom stereocenters. The van der Waals surface area contributed by atoms with Crippen molar-refractivity contribution in [2.45, 2.75) is 12.3 Å². The second-order valence-corrected chi connectivity index (χ2v) is 5.81. The van der Waals surface area contributed by atoms with Gasteiger partial charge in [-0.05, 0) is 6.92 Å². The largest absolute Gasteiger partial charge is 0.309 e. The molecule has 3 rings (SSSR count).